The lowest BCUT2D eigenvalue weighted by atomic mass is 9.81. The molecule has 1 aromatic carbocycles. The number of benzene rings is 1. The smallest absolute Gasteiger partial charge is 0.254 e. The van der Waals surface area contributed by atoms with E-state index in [9.17, 15) is 9.59 Å². The van der Waals surface area contributed by atoms with Gasteiger partial charge >= 0.3 is 0 Å². The molecule has 35 heavy (non-hydrogen) atoms. The Morgan fingerprint density at radius 1 is 1.06 bits per heavy atom. The highest BCUT2D eigenvalue weighted by Crippen LogP contribution is 2.45. The highest BCUT2D eigenvalue weighted by atomic mass is 16.5. The van der Waals surface area contributed by atoms with Crippen LogP contribution in [0.3, 0.4) is 0 Å². The van der Waals surface area contributed by atoms with Crippen molar-refractivity contribution in [1.29, 1.82) is 0 Å². The van der Waals surface area contributed by atoms with Crippen LogP contribution in [-0.2, 0) is 4.79 Å². The fourth-order valence-electron chi connectivity index (χ4n) is 5.06. The van der Waals surface area contributed by atoms with E-state index in [4.69, 9.17) is 4.74 Å². The SMILES string of the molecule is CCCN(CC)C(=O)C1=CCC=C(C2=CC3(CCNCC3)Oc3cccc(C(=O)N(C)C)c32)C=C1. The van der Waals surface area contributed by atoms with E-state index in [1.807, 2.05) is 48.3 Å². The number of piperidine rings is 1. The molecule has 1 fully saturated rings. The van der Waals surface area contributed by atoms with E-state index in [-0.39, 0.29) is 11.8 Å². The summed E-state index contributed by atoms with van der Waals surface area (Å²) in [4.78, 5) is 29.7. The van der Waals surface area contributed by atoms with Crippen molar-refractivity contribution in [3.8, 4) is 5.75 Å². The van der Waals surface area contributed by atoms with Crippen molar-refractivity contribution >= 4 is 17.4 Å². The number of hydrogen-bond acceptors (Lipinski definition) is 4. The van der Waals surface area contributed by atoms with Crippen LogP contribution in [0.25, 0.3) is 5.57 Å². The number of fused-ring (bicyclic) bond motifs is 1. The lowest BCUT2D eigenvalue weighted by Gasteiger charge is -2.40. The maximum Gasteiger partial charge on any atom is 0.254 e. The monoisotopic (exact) mass is 475 g/mol. The summed E-state index contributed by atoms with van der Waals surface area (Å²) in [5.74, 6) is 0.767. The highest BCUT2D eigenvalue weighted by molar-refractivity contribution is 6.03. The maximum atomic E-state index is 13.1. The van der Waals surface area contributed by atoms with Crippen LogP contribution in [0.15, 0.2) is 59.7 Å². The zero-order chi connectivity index (χ0) is 25.0. The summed E-state index contributed by atoms with van der Waals surface area (Å²) in [6.07, 6.45) is 13.7. The minimum Gasteiger partial charge on any atom is -0.482 e. The molecule has 1 N–H and O–H groups in total. The largest absolute Gasteiger partial charge is 0.482 e. The van der Waals surface area contributed by atoms with E-state index in [0.29, 0.717) is 24.1 Å². The fraction of sp³-hybridized carbons (Fsp3) is 0.448. The van der Waals surface area contributed by atoms with Crippen LogP contribution in [0.2, 0.25) is 0 Å². The minimum absolute atomic E-state index is 0.0528. The molecular weight excluding hydrogens is 438 g/mol. The van der Waals surface area contributed by atoms with Gasteiger partial charge in [0.05, 0.1) is 5.56 Å². The predicted molar refractivity (Wildman–Crippen MR) is 140 cm³/mol. The van der Waals surface area contributed by atoms with Crippen LogP contribution in [0.1, 0.15) is 55.5 Å². The normalized spacial score (nSPS) is 18.5. The Bertz CT molecular complexity index is 1100. The summed E-state index contributed by atoms with van der Waals surface area (Å²) in [6.45, 7) is 7.32. The average Bonchev–Trinajstić information content (AvgIpc) is 3.12. The summed E-state index contributed by atoms with van der Waals surface area (Å²) in [5, 5.41) is 3.42. The van der Waals surface area contributed by atoms with Gasteiger partial charge in [-0.25, -0.2) is 0 Å². The molecule has 6 heteroatoms. The molecule has 0 radical (unpaired) electrons. The third-order valence-corrected chi connectivity index (χ3v) is 6.94. The van der Waals surface area contributed by atoms with Gasteiger partial charge < -0.3 is 19.9 Å². The van der Waals surface area contributed by atoms with Crippen molar-refractivity contribution in [2.75, 3.05) is 40.3 Å². The molecule has 4 rings (SSSR count). The van der Waals surface area contributed by atoms with E-state index >= 15 is 0 Å². The van der Waals surface area contributed by atoms with Crippen LogP contribution in [-0.4, -0.2) is 67.5 Å². The van der Waals surface area contributed by atoms with Gasteiger partial charge in [0.15, 0.2) is 0 Å². The first-order valence-corrected chi connectivity index (χ1v) is 12.7. The molecule has 6 nitrogen and oxygen atoms in total. The number of carbonyl (C=O) groups is 2. The van der Waals surface area contributed by atoms with E-state index in [2.05, 4.69) is 24.4 Å². The topological polar surface area (TPSA) is 61.9 Å². The van der Waals surface area contributed by atoms with Gasteiger partial charge in [0.2, 0.25) is 0 Å². The molecule has 1 aromatic rings. The Balaban J connectivity index is 1.76. The number of carbonyl (C=O) groups excluding carboxylic acids is 2. The standard InChI is InChI=1S/C29H37N3O3/c1-5-19-32(6-2)27(33)22-10-7-9-21(13-14-22)24-20-29(15-17-30-18-16-29)35-25-12-8-11-23(26(24)25)28(34)31(3)4/h8-14,20,30H,5-7,15-19H2,1-4H3. The number of nitrogens with zero attached hydrogens (tertiary/aromatic N) is 2. The molecule has 3 aliphatic rings. The molecule has 0 saturated carbocycles. The third-order valence-electron chi connectivity index (χ3n) is 6.94. The summed E-state index contributed by atoms with van der Waals surface area (Å²) >= 11 is 0. The van der Waals surface area contributed by atoms with E-state index in [1.165, 1.54) is 0 Å². The molecule has 2 heterocycles. The van der Waals surface area contributed by atoms with Crippen molar-refractivity contribution in [3.05, 3.63) is 70.9 Å². The zero-order valence-electron chi connectivity index (χ0n) is 21.4. The molecule has 0 unspecified atom stereocenters. The van der Waals surface area contributed by atoms with Crippen molar-refractivity contribution in [1.82, 2.24) is 15.1 Å². The Labute approximate surface area is 209 Å². The fourth-order valence-corrected chi connectivity index (χ4v) is 5.06. The van der Waals surface area contributed by atoms with Crippen LogP contribution in [0.4, 0.5) is 0 Å². The first-order valence-electron chi connectivity index (χ1n) is 12.7. The molecular formula is C29H37N3O3. The molecule has 0 aromatic heterocycles. The highest BCUT2D eigenvalue weighted by Gasteiger charge is 2.38. The van der Waals surface area contributed by atoms with Gasteiger partial charge in [-0.3, -0.25) is 9.59 Å². The molecule has 1 spiro atoms. The van der Waals surface area contributed by atoms with E-state index < -0.39 is 5.60 Å². The van der Waals surface area contributed by atoms with E-state index in [1.54, 1.807) is 19.0 Å². The summed E-state index contributed by atoms with van der Waals surface area (Å²) in [5.41, 5.74) is 3.81. The second-order valence-corrected chi connectivity index (χ2v) is 9.63. The van der Waals surface area contributed by atoms with Crippen molar-refractivity contribution in [2.24, 2.45) is 0 Å². The lowest BCUT2D eigenvalue weighted by Crippen LogP contribution is -2.46. The number of amides is 2. The summed E-state index contributed by atoms with van der Waals surface area (Å²) in [6, 6.07) is 5.74. The number of hydrogen-bond donors (Lipinski definition) is 1. The van der Waals surface area contributed by atoms with Crippen LogP contribution in [0, 0.1) is 0 Å². The van der Waals surface area contributed by atoms with Gasteiger partial charge in [-0.05, 0) is 68.3 Å². The van der Waals surface area contributed by atoms with Gasteiger partial charge in [-0.1, -0.05) is 31.2 Å². The molecule has 2 amide bonds. The maximum absolute atomic E-state index is 13.1. The first-order chi connectivity index (χ1) is 16.9. The van der Waals surface area contributed by atoms with Crippen molar-refractivity contribution < 1.29 is 14.3 Å². The Kier molecular flexibility index (Phi) is 7.60. The van der Waals surface area contributed by atoms with Gasteiger partial charge in [-0.15, -0.1) is 0 Å². The van der Waals surface area contributed by atoms with Crippen LogP contribution >= 0.6 is 0 Å². The molecule has 1 saturated heterocycles. The number of nitrogens with one attached hydrogen (secondary N) is 1. The van der Waals surface area contributed by atoms with Crippen molar-refractivity contribution in [3.63, 3.8) is 0 Å². The first kappa shape index (κ1) is 25.0. The number of ether oxygens (including phenoxy) is 1. The number of allylic oxidation sites excluding steroid dienone is 5. The summed E-state index contributed by atoms with van der Waals surface area (Å²) < 4.78 is 6.60. The van der Waals surface area contributed by atoms with Crippen LogP contribution < -0.4 is 10.1 Å². The Morgan fingerprint density at radius 2 is 1.83 bits per heavy atom. The molecule has 186 valence electrons. The van der Waals surface area contributed by atoms with Crippen molar-refractivity contribution in [2.45, 2.75) is 45.1 Å². The molecule has 0 bridgehead atoms. The van der Waals surface area contributed by atoms with Gasteiger partial charge in [0.25, 0.3) is 11.8 Å². The second kappa shape index (κ2) is 10.6. The van der Waals surface area contributed by atoms with Gasteiger partial charge in [-0.2, -0.15) is 0 Å². The number of likely N-dealkylation sites (N-methyl/N-ethyl adjacent to an activating group) is 1. The Hall–Kier alpha value is -3.12. The van der Waals surface area contributed by atoms with Crippen LogP contribution in [0.5, 0.6) is 5.75 Å². The van der Waals surface area contributed by atoms with Gasteiger partial charge in [0.1, 0.15) is 11.4 Å². The quantitative estimate of drug-likeness (QED) is 0.664. The predicted octanol–water partition coefficient (Wildman–Crippen LogP) is 4.36. The molecule has 0 atom stereocenters. The lowest BCUT2D eigenvalue weighted by molar-refractivity contribution is -0.126. The zero-order valence-corrected chi connectivity index (χ0v) is 21.4. The molecule has 2 aliphatic heterocycles. The van der Waals surface area contributed by atoms with Gasteiger partial charge in [0, 0.05) is 51.2 Å². The van der Waals surface area contributed by atoms with E-state index in [0.717, 1.165) is 61.4 Å². The summed E-state index contributed by atoms with van der Waals surface area (Å²) in [7, 11) is 3.54. The second-order valence-electron chi connectivity index (χ2n) is 9.63. The number of rotatable bonds is 6. The molecule has 1 aliphatic carbocycles. The average molecular weight is 476 g/mol. The third kappa shape index (κ3) is 5.13. The Morgan fingerprint density at radius 3 is 2.51 bits per heavy atom. The minimum atomic E-state index is -0.402.